The Balaban J connectivity index is 1.32. The van der Waals surface area contributed by atoms with E-state index in [2.05, 4.69) is 62.6 Å². The zero-order valence-electron chi connectivity index (χ0n) is 20.7. The van der Waals surface area contributed by atoms with Crippen molar-refractivity contribution in [1.82, 2.24) is 29.5 Å². The Morgan fingerprint density at radius 2 is 1.91 bits per heavy atom. The van der Waals surface area contributed by atoms with E-state index in [0.29, 0.717) is 17.3 Å². The second-order valence-electron chi connectivity index (χ2n) is 9.83. The highest BCUT2D eigenvalue weighted by Crippen LogP contribution is 2.37. The molecule has 2 aliphatic rings. The van der Waals surface area contributed by atoms with E-state index in [-0.39, 0.29) is 0 Å². The van der Waals surface area contributed by atoms with Crippen LogP contribution in [-0.4, -0.2) is 80.3 Å². The van der Waals surface area contributed by atoms with Gasteiger partial charge in [-0.1, -0.05) is 13.8 Å². The van der Waals surface area contributed by atoms with E-state index in [0.717, 1.165) is 60.3 Å². The second-order valence-corrected chi connectivity index (χ2v) is 11.1. The molecule has 2 fully saturated rings. The van der Waals surface area contributed by atoms with Gasteiger partial charge in [0, 0.05) is 49.5 Å². The van der Waals surface area contributed by atoms with Crippen molar-refractivity contribution in [2.75, 3.05) is 49.7 Å². The normalized spacial score (nSPS) is 18.2. The van der Waals surface area contributed by atoms with Gasteiger partial charge in [0.15, 0.2) is 11.4 Å². The number of hydrogen-bond acceptors (Lipinski definition) is 7. The first kappa shape index (κ1) is 22.7. The Kier molecular flexibility index (Phi) is 6.06. The van der Waals surface area contributed by atoms with Gasteiger partial charge in [-0.25, -0.2) is 14.5 Å². The van der Waals surface area contributed by atoms with Crippen LogP contribution < -0.4 is 9.64 Å². The Hall–Kier alpha value is -2.78. The standard InChI is InChI=1S/C26H33N7OS/c1-17(2)23-24(18-14-21(34-3)26-27-16-28-33(26)15-18)29-20-4-5-22(30-25(20)23)32-10-8-31(9-11-32)19-6-12-35-13-7-19/h4-5,14-17,19,29H,6-13H2,1-3H3. The molecule has 1 N–H and O–H groups in total. The molecule has 6 heterocycles. The fraction of sp³-hybridized carbons (Fsp3) is 0.500. The summed E-state index contributed by atoms with van der Waals surface area (Å²) in [6, 6.07) is 7.15. The molecule has 0 bridgehead atoms. The number of anilines is 1. The first-order valence-corrected chi connectivity index (χ1v) is 13.7. The summed E-state index contributed by atoms with van der Waals surface area (Å²) in [5.74, 6) is 4.71. The minimum Gasteiger partial charge on any atom is -0.493 e. The van der Waals surface area contributed by atoms with Crippen LogP contribution in [0, 0.1) is 0 Å². The fourth-order valence-corrected chi connectivity index (χ4v) is 6.67. The van der Waals surface area contributed by atoms with Crippen molar-refractivity contribution in [3.8, 4) is 17.0 Å². The third-order valence-electron chi connectivity index (χ3n) is 7.44. The van der Waals surface area contributed by atoms with E-state index in [1.165, 1.54) is 29.9 Å². The number of hydrogen-bond donors (Lipinski definition) is 1. The van der Waals surface area contributed by atoms with Crippen LogP contribution in [0.1, 0.15) is 38.2 Å². The van der Waals surface area contributed by atoms with Crippen LogP contribution in [0.2, 0.25) is 0 Å². The number of fused-ring (bicyclic) bond motifs is 2. The summed E-state index contributed by atoms with van der Waals surface area (Å²) in [5, 5.41) is 4.34. The minimum atomic E-state index is 0.306. The molecule has 35 heavy (non-hydrogen) atoms. The largest absolute Gasteiger partial charge is 0.493 e. The number of thioether (sulfide) groups is 1. The highest BCUT2D eigenvalue weighted by atomic mass is 32.2. The van der Waals surface area contributed by atoms with E-state index in [1.54, 1.807) is 18.0 Å². The molecule has 0 amide bonds. The van der Waals surface area contributed by atoms with Crippen molar-refractivity contribution in [2.24, 2.45) is 0 Å². The maximum atomic E-state index is 5.61. The van der Waals surface area contributed by atoms with E-state index in [4.69, 9.17) is 9.72 Å². The van der Waals surface area contributed by atoms with Crippen LogP contribution >= 0.6 is 11.8 Å². The topological polar surface area (TPSA) is 74.6 Å². The maximum absolute atomic E-state index is 5.61. The van der Waals surface area contributed by atoms with Crippen molar-refractivity contribution >= 4 is 34.3 Å². The number of piperazine rings is 1. The number of H-pyrrole nitrogens is 1. The summed E-state index contributed by atoms with van der Waals surface area (Å²) in [5.41, 5.74) is 6.13. The molecule has 0 atom stereocenters. The van der Waals surface area contributed by atoms with Gasteiger partial charge in [0.2, 0.25) is 0 Å². The molecular weight excluding hydrogens is 458 g/mol. The molecule has 0 spiro atoms. The molecule has 0 aromatic carbocycles. The second kappa shape index (κ2) is 9.35. The number of ether oxygens (including phenoxy) is 1. The van der Waals surface area contributed by atoms with Crippen LogP contribution in [0.15, 0.2) is 30.7 Å². The van der Waals surface area contributed by atoms with Gasteiger partial charge < -0.3 is 14.6 Å². The van der Waals surface area contributed by atoms with Gasteiger partial charge in [-0.3, -0.25) is 4.90 Å². The molecule has 9 heteroatoms. The van der Waals surface area contributed by atoms with E-state index in [9.17, 15) is 0 Å². The van der Waals surface area contributed by atoms with Gasteiger partial charge in [-0.15, -0.1) is 0 Å². The van der Waals surface area contributed by atoms with Gasteiger partial charge in [0.25, 0.3) is 0 Å². The Labute approximate surface area is 210 Å². The molecule has 4 aromatic heterocycles. The summed E-state index contributed by atoms with van der Waals surface area (Å²) < 4.78 is 7.38. The smallest absolute Gasteiger partial charge is 0.197 e. The van der Waals surface area contributed by atoms with Crippen LogP contribution in [-0.2, 0) is 0 Å². The number of nitrogens with zero attached hydrogens (tertiary/aromatic N) is 6. The average Bonchev–Trinajstić information content (AvgIpc) is 3.53. The molecule has 2 aliphatic heterocycles. The lowest BCUT2D eigenvalue weighted by Gasteiger charge is -2.41. The zero-order valence-corrected chi connectivity index (χ0v) is 21.5. The minimum absolute atomic E-state index is 0.306. The molecular formula is C26H33N7OS. The first-order chi connectivity index (χ1) is 17.1. The van der Waals surface area contributed by atoms with E-state index >= 15 is 0 Å². The Morgan fingerprint density at radius 3 is 2.66 bits per heavy atom. The third-order valence-corrected chi connectivity index (χ3v) is 8.49. The maximum Gasteiger partial charge on any atom is 0.197 e. The van der Waals surface area contributed by atoms with Crippen molar-refractivity contribution in [2.45, 2.75) is 38.6 Å². The van der Waals surface area contributed by atoms with Crippen LogP contribution in [0.5, 0.6) is 5.75 Å². The molecule has 184 valence electrons. The van der Waals surface area contributed by atoms with Gasteiger partial charge in [-0.2, -0.15) is 16.9 Å². The van der Waals surface area contributed by atoms with Crippen molar-refractivity contribution in [1.29, 1.82) is 0 Å². The van der Waals surface area contributed by atoms with Crippen molar-refractivity contribution in [3.05, 3.63) is 36.3 Å². The van der Waals surface area contributed by atoms with Gasteiger partial charge in [-0.05, 0) is 48.5 Å². The number of aromatic amines is 1. The molecule has 0 aliphatic carbocycles. The van der Waals surface area contributed by atoms with Gasteiger partial charge >= 0.3 is 0 Å². The first-order valence-electron chi connectivity index (χ1n) is 12.6. The molecule has 0 unspecified atom stereocenters. The zero-order chi connectivity index (χ0) is 23.9. The number of methoxy groups -OCH3 is 1. The number of nitrogens with one attached hydrogen (secondary N) is 1. The van der Waals surface area contributed by atoms with E-state index < -0.39 is 0 Å². The quantitative estimate of drug-likeness (QED) is 0.443. The third kappa shape index (κ3) is 4.14. The fourth-order valence-electron chi connectivity index (χ4n) is 5.59. The number of pyridine rings is 2. The number of aromatic nitrogens is 5. The highest BCUT2D eigenvalue weighted by molar-refractivity contribution is 7.99. The summed E-state index contributed by atoms with van der Waals surface area (Å²) in [6.45, 7) is 8.79. The van der Waals surface area contributed by atoms with Crippen LogP contribution in [0.4, 0.5) is 5.82 Å². The summed E-state index contributed by atoms with van der Waals surface area (Å²) >= 11 is 2.10. The molecule has 0 radical (unpaired) electrons. The van der Waals surface area contributed by atoms with Gasteiger partial charge in [0.1, 0.15) is 12.1 Å². The van der Waals surface area contributed by atoms with Gasteiger partial charge in [0.05, 0.1) is 23.8 Å². The summed E-state index contributed by atoms with van der Waals surface area (Å²) in [4.78, 5) is 18.3. The van der Waals surface area contributed by atoms with Crippen molar-refractivity contribution in [3.63, 3.8) is 0 Å². The predicted molar refractivity (Wildman–Crippen MR) is 143 cm³/mol. The predicted octanol–water partition coefficient (Wildman–Crippen LogP) is 4.42. The lowest BCUT2D eigenvalue weighted by Crippen LogP contribution is -2.51. The summed E-state index contributed by atoms with van der Waals surface area (Å²) in [6.07, 6.45) is 6.23. The lowest BCUT2D eigenvalue weighted by molar-refractivity contribution is 0.175. The average molecular weight is 492 g/mol. The van der Waals surface area contributed by atoms with Crippen LogP contribution in [0.25, 0.3) is 27.9 Å². The molecule has 2 saturated heterocycles. The molecule has 8 nitrogen and oxygen atoms in total. The SMILES string of the molecule is COc1cc(-c2[nH]c3ccc(N4CCN(C5CCSCC5)CC4)nc3c2C(C)C)cn2ncnc12. The van der Waals surface area contributed by atoms with E-state index in [1.807, 2.05) is 12.3 Å². The highest BCUT2D eigenvalue weighted by Gasteiger charge is 2.26. The number of rotatable bonds is 5. The van der Waals surface area contributed by atoms with Crippen molar-refractivity contribution < 1.29 is 4.74 Å². The van der Waals surface area contributed by atoms with Crippen LogP contribution in [0.3, 0.4) is 0 Å². The lowest BCUT2D eigenvalue weighted by atomic mass is 9.99. The molecule has 0 saturated carbocycles. The Bertz CT molecular complexity index is 1330. The Morgan fingerprint density at radius 1 is 1.11 bits per heavy atom. The molecule has 4 aromatic rings. The molecule has 6 rings (SSSR count). The summed E-state index contributed by atoms with van der Waals surface area (Å²) in [7, 11) is 1.67. The monoisotopic (exact) mass is 491 g/mol.